The molecule has 0 aliphatic carbocycles. The van der Waals surface area contributed by atoms with E-state index in [1.165, 1.54) is 23.9 Å². The van der Waals surface area contributed by atoms with Crippen molar-refractivity contribution < 1.29 is 4.79 Å². The van der Waals surface area contributed by atoms with Crippen LogP contribution in [-0.2, 0) is 4.79 Å². The Kier molecular flexibility index (Phi) is 7.45. The third-order valence-corrected chi connectivity index (χ3v) is 5.91. The standard InChI is InChI=1S/C17H19Cl3N8OS/c1-4-21-14-24-15(22-5-2)28-16(25-14)26-27-17(28)30-8(3)13(29)23-12-7-10(19)9(18)6-11(12)20/h6-8H,4-5H2,1-3H3,(H,23,29)(H2,21,22,24,25,26). The van der Waals surface area contributed by atoms with Crippen LogP contribution in [0.3, 0.4) is 0 Å². The average molecular weight is 490 g/mol. The number of carbonyl (C=O) groups is 1. The van der Waals surface area contributed by atoms with Crippen LogP contribution in [0.1, 0.15) is 20.8 Å². The molecule has 2 aromatic heterocycles. The highest BCUT2D eigenvalue weighted by atomic mass is 35.5. The minimum absolute atomic E-state index is 0.285. The summed E-state index contributed by atoms with van der Waals surface area (Å²) < 4.78 is 1.67. The number of aromatic nitrogens is 5. The third kappa shape index (κ3) is 5.00. The second kappa shape index (κ2) is 9.86. The molecule has 0 saturated heterocycles. The van der Waals surface area contributed by atoms with Gasteiger partial charge in [0.2, 0.25) is 23.0 Å². The quantitative estimate of drug-likeness (QED) is 0.314. The van der Waals surface area contributed by atoms with E-state index in [9.17, 15) is 4.79 Å². The Labute approximate surface area is 192 Å². The van der Waals surface area contributed by atoms with E-state index < -0.39 is 5.25 Å². The van der Waals surface area contributed by atoms with Crippen LogP contribution in [0, 0.1) is 0 Å². The number of fused-ring (bicyclic) bond motifs is 1. The van der Waals surface area contributed by atoms with E-state index in [1.54, 1.807) is 11.3 Å². The lowest BCUT2D eigenvalue weighted by atomic mass is 10.3. The van der Waals surface area contributed by atoms with Crippen LogP contribution in [0.5, 0.6) is 0 Å². The number of hydrogen-bond acceptors (Lipinski definition) is 8. The Bertz CT molecular complexity index is 1080. The first-order valence-electron chi connectivity index (χ1n) is 9.07. The molecular weight excluding hydrogens is 471 g/mol. The van der Waals surface area contributed by atoms with Crippen molar-refractivity contribution in [3.8, 4) is 0 Å². The van der Waals surface area contributed by atoms with Gasteiger partial charge in [-0.3, -0.25) is 4.79 Å². The highest BCUT2D eigenvalue weighted by Gasteiger charge is 2.22. The van der Waals surface area contributed by atoms with Crippen molar-refractivity contribution in [1.82, 2.24) is 24.6 Å². The number of rotatable bonds is 8. The van der Waals surface area contributed by atoms with Crippen LogP contribution in [0.15, 0.2) is 17.3 Å². The molecule has 0 aliphatic rings. The van der Waals surface area contributed by atoms with Gasteiger partial charge in [-0.15, -0.1) is 10.2 Å². The molecule has 0 aliphatic heterocycles. The number of nitrogens with one attached hydrogen (secondary N) is 3. The van der Waals surface area contributed by atoms with Gasteiger partial charge in [0.15, 0.2) is 0 Å². The fourth-order valence-corrected chi connectivity index (χ4v) is 3.88. The van der Waals surface area contributed by atoms with Gasteiger partial charge in [0.05, 0.1) is 26.0 Å². The molecule has 0 radical (unpaired) electrons. The summed E-state index contributed by atoms with van der Waals surface area (Å²) in [7, 11) is 0. The van der Waals surface area contributed by atoms with Gasteiger partial charge in [-0.25, -0.2) is 4.40 Å². The summed E-state index contributed by atoms with van der Waals surface area (Å²) >= 11 is 19.3. The smallest absolute Gasteiger partial charge is 0.261 e. The zero-order chi connectivity index (χ0) is 21.8. The fraction of sp³-hybridized carbons (Fsp3) is 0.353. The van der Waals surface area contributed by atoms with E-state index in [-0.39, 0.29) is 5.91 Å². The van der Waals surface area contributed by atoms with E-state index in [4.69, 9.17) is 34.8 Å². The first-order valence-corrected chi connectivity index (χ1v) is 11.1. The van der Waals surface area contributed by atoms with Crippen LogP contribution >= 0.6 is 46.6 Å². The van der Waals surface area contributed by atoms with Gasteiger partial charge >= 0.3 is 0 Å². The predicted molar refractivity (Wildman–Crippen MR) is 122 cm³/mol. The van der Waals surface area contributed by atoms with Crippen molar-refractivity contribution in [3.63, 3.8) is 0 Å². The maximum absolute atomic E-state index is 12.7. The number of benzene rings is 1. The summed E-state index contributed by atoms with van der Waals surface area (Å²) in [5, 5.41) is 18.1. The Morgan fingerprint density at radius 3 is 2.47 bits per heavy atom. The summed E-state index contributed by atoms with van der Waals surface area (Å²) in [5.74, 6) is 1.07. The molecule has 160 valence electrons. The lowest BCUT2D eigenvalue weighted by Crippen LogP contribution is -2.23. The normalized spacial score (nSPS) is 12.1. The maximum atomic E-state index is 12.7. The minimum atomic E-state index is -0.522. The molecule has 2 heterocycles. The number of halogens is 3. The van der Waals surface area contributed by atoms with Gasteiger partial charge < -0.3 is 16.0 Å². The Hall–Kier alpha value is -2.01. The molecule has 1 amide bonds. The zero-order valence-electron chi connectivity index (χ0n) is 16.3. The molecule has 3 aromatic rings. The van der Waals surface area contributed by atoms with E-state index >= 15 is 0 Å². The number of thioether (sulfide) groups is 1. The third-order valence-electron chi connectivity index (χ3n) is 3.83. The number of amides is 1. The molecule has 1 aromatic carbocycles. The Morgan fingerprint density at radius 1 is 1.07 bits per heavy atom. The van der Waals surface area contributed by atoms with E-state index in [0.717, 1.165) is 0 Å². The second-order valence-electron chi connectivity index (χ2n) is 6.04. The minimum Gasteiger partial charge on any atom is -0.355 e. The molecule has 1 unspecified atom stereocenters. The summed E-state index contributed by atoms with van der Waals surface area (Å²) in [6.45, 7) is 6.96. The number of hydrogen-bond donors (Lipinski definition) is 3. The Morgan fingerprint density at radius 2 is 1.77 bits per heavy atom. The molecule has 0 bridgehead atoms. The molecule has 30 heavy (non-hydrogen) atoms. The van der Waals surface area contributed by atoms with Crippen molar-refractivity contribution in [2.75, 3.05) is 29.0 Å². The van der Waals surface area contributed by atoms with Crippen molar-refractivity contribution in [2.24, 2.45) is 0 Å². The molecule has 9 nitrogen and oxygen atoms in total. The zero-order valence-corrected chi connectivity index (χ0v) is 19.4. The van der Waals surface area contributed by atoms with Gasteiger partial charge in [0.25, 0.3) is 5.78 Å². The summed E-state index contributed by atoms with van der Waals surface area (Å²) in [4.78, 5) is 21.5. The summed E-state index contributed by atoms with van der Waals surface area (Å²) in [6, 6.07) is 2.99. The number of nitrogens with zero attached hydrogens (tertiary/aromatic N) is 5. The highest BCUT2D eigenvalue weighted by Crippen LogP contribution is 2.33. The molecule has 0 saturated carbocycles. The van der Waals surface area contributed by atoms with Crippen LogP contribution in [0.4, 0.5) is 17.6 Å². The maximum Gasteiger partial charge on any atom is 0.261 e. The van der Waals surface area contributed by atoms with Gasteiger partial charge in [0, 0.05) is 13.1 Å². The van der Waals surface area contributed by atoms with Gasteiger partial charge in [-0.1, -0.05) is 46.6 Å². The van der Waals surface area contributed by atoms with Crippen LogP contribution < -0.4 is 16.0 Å². The molecule has 3 N–H and O–H groups in total. The monoisotopic (exact) mass is 488 g/mol. The van der Waals surface area contributed by atoms with Gasteiger partial charge in [-0.05, 0) is 32.9 Å². The van der Waals surface area contributed by atoms with Gasteiger partial charge in [-0.2, -0.15) is 9.97 Å². The molecule has 0 fully saturated rings. The molecule has 0 spiro atoms. The summed E-state index contributed by atoms with van der Waals surface area (Å²) in [5.41, 5.74) is 0.376. The van der Waals surface area contributed by atoms with Crippen LogP contribution in [-0.4, -0.2) is 48.8 Å². The molecule has 1 atom stereocenters. The van der Waals surface area contributed by atoms with Crippen molar-refractivity contribution in [2.45, 2.75) is 31.2 Å². The topological polar surface area (TPSA) is 109 Å². The van der Waals surface area contributed by atoms with Gasteiger partial charge in [0.1, 0.15) is 0 Å². The Balaban J connectivity index is 1.83. The predicted octanol–water partition coefficient (Wildman–Crippen LogP) is 4.46. The molecular formula is C17H19Cl3N8OS. The fourth-order valence-electron chi connectivity index (χ4n) is 2.44. The SMILES string of the molecule is CCNc1nc(NCC)n2c(SC(C)C(=O)Nc3cc(Cl)c(Cl)cc3Cl)nnc2n1. The lowest BCUT2D eigenvalue weighted by Gasteiger charge is -2.14. The van der Waals surface area contributed by atoms with Crippen molar-refractivity contribution >= 4 is 75.8 Å². The summed E-state index contributed by atoms with van der Waals surface area (Å²) in [6.07, 6.45) is 0. The number of carbonyl (C=O) groups excluding carboxylic acids is 1. The van der Waals surface area contributed by atoms with E-state index in [2.05, 4.69) is 36.1 Å². The molecule has 13 heteroatoms. The highest BCUT2D eigenvalue weighted by molar-refractivity contribution is 8.00. The first-order chi connectivity index (χ1) is 14.3. The average Bonchev–Trinajstić information content (AvgIpc) is 3.09. The van der Waals surface area contributed by atoms with E-state index in [0.29, 0.717) is 56.7 Å². The first kappa shape index (κ1) is 22.7. The lowest BCUT2D eigenvalue weighted by molar-refractivity contribution is -0.115. The van der Waals surface area contributed by atoms with Crippen molar-refractivity contribution in [1.29, 1.82) is 0 Å². The molecule has 3 rings (SSSR count). The van der Waals surface area contributed by atoms with Crippen LogP contribution in [0.2, 0.25) is 15.1 Å². The second-order valence-corrected chi connectivity index (χ2v) is 8.57. The largest absolute Gasteiger partial charge is 0.355 e. The number of anilines is 3. The van der Waals surface area contributed by atoms with Crippen LogP contribution in [0.25, 0.3) is 5.78 Å². The van der Waals surface area contributed by atoms with E-state index in [1.807, 2.05) is 13.8 Å². The van der Waals surface area contributed by atoms with Crippen molar-refractivity contribution in [3.05, 3.63) is 27.2 Å².